The van der Waals surface area contributed by atoms with Crippen LogP contribution in [0.4, 0.5) is 24.5 Å². The van der Waals surface area contributed by atoms with Crippen molar-refractivity contribution in [3.05, 3.63) is 56.9 Å². The molecule has 0 heterocycles. The van der Waals surface area contributed by atoms with Crippen LogP contribution >= 0.6 is 0 Å². The van der Waals surface area contributed by atoms with Gasteiger partial charge in [0.1, 0.15) is 26.8 Å². The number of nitro groups is 1. The van der Waals surface area contributed by atoms with Crippen LogP contribution in [0.2, 0.25) is 0 Å². The third kappa shape index (κ3) is 8.14. The molecule has 0 saturated heterocycles. The SMILES string of the molecule is CCCS(=O)(=O)CCCN(c1cc(F)c(F)c(Oc2ccc([N+](=O)[O-])c(C(=O)OC(C)(C)C)c2C)c1F)S(=O)[O-]. The number of hydrogen-bond donors (Lipinski definition) is 0. The molecule has 222 valence electrons. The van der Waals surface area contributed by atoms with Gasteiger partial charge < -0.3 is 14.0 Å². The van der Waals surface area contributed by atoms with Crippen molar-refractivity contribution in [3.63, 3.8) is 0 Å². The maximum atomic E-state index is 15.4. The fourth-order valence-corrected chi connectivity index (χ4v) is 5.56. The van der Waals surface area contributed by atoms with Gasteiger partial charge in [-0.05, 0) is 46.6 Å². The van der Waals surface area contributed by atoms with Crippen LogP contribution in [0.5, 0.6) is 11.5 Å². The first-order valence-electron chi connectivity index (χ1n) is 11.8. The summed E-state index contributed by atoms with van der Waals surface area (Å²) in [5.74, 6) is -8.79. The van der Waals surface area contributed by atoms with Gasteiger partial charge in [0.15, 0.2) is 11.6 Å². The molecule has 0 fully saturated rings. The Labute approximate surface area is 231 Å². The van der Waals surface area contributed by atoms with Gasteiger partial charge in [0.25, 0.3) is 5.69 Å². The van der Waals surface area contributed by atoms with Crippen LogP contribution in [-0.4, -0.2) is 51.7 Å². The Hall–Kier alpha value is -3.24. The predicted molar refractivity (Wildman–Crippen MR) is 139 cm³/mol. The van der Waals surface area contributed by atoms with Gasteiger partial charge in [0.05, 0.1) is 16.4 Å². The minimum absolute atomic E-state index is 0.148. The van der Waals surface area contributed by atoms with Crippen molar-refractivity contribution < 1.29 is 49.5 Å². The Morgan fingerprint density at radius 3 is 2.30 bits per heavy atom. The van der Waals surface area contributed by atoms with Gasteiger partial charge in [-0.1, -0.05) is 6.92 Å². The molecule has 11 nitrogen and oxygen atoms in total. The lowest BCUT2D eigenvalue weighted by Crippen LogP contribution is -2.29. The summed E-state index contributed by atoms with van der Waals surface area (Å²) in [6, 6.07) is 2.02. The van der Waals surface area contributed by atoms with Crippen LogP contribution in [0, 0.1) is 34.5 Å². The summed E-state index contributed by atoms with van der Waals surface area (Å²) in [6.45, 7) is 6.76. The van der Waals surface area contributed by atoms with Crippen LogP contribution < -0.4 is 9.04 Å². The quantitative estimate of drug-likeness (QED) is 0.108. The van der Waals surface area contributed by atoms with E-state index in [0.717, 1.165) is 12.1 Å². The molecule has 2 aromatic rings. The topological polar surface area (TPSA) is 156 Å². The number of anilines is 1. The van der Waals surface area contributed by atoms with Crippen LogP contribution in [0.15, 0.2) is 18.2 Å². The van der Waals surface area contributed by atoms with Gasteiger partial charge in [-0.15, -0.1) is 0 Å². The first kappa shape index (κ1) is 33.0. The fraction of sp³-hybridized carbons (Fsp3) is 0.458. The molecule has 2 aromatic carbocycles. The minimum atomic E-state index is -3.51. The number of ether oxygens (including phenoxy) is 2. The highest BCUT2D eigenvalue weighted by atomic mass is 32.2. The number of benzene rings is 2. The molecule has 0 aromatic heterocycles. The molecule has 0 aliphatic rings. The Balaban J connectivity index is 2.57. The molecule has 16 heteroatoms. The van der Waals surface area contributed by atoms with Crippen LogP contribution in [0.25, 0.3) is 0 Å². The first-order valence-corrected chi connectivity index (χ1v) is 14.7. The monoisotopic (exact) mass is 609 g/mol. The Morgan fingerprint density at radius 2 is 1.77 bits per heavy atom. The number of esters is 1. The zero-order chi connectivity index (χ0) is 30.6. The van der Waals surface area contributed by atoms with Gasteiger partial charge in [-0.3, -0.25) is 18.6 Å². The van der Waals surface area contributed by atoms with Crippen molar-refractivity contribution >= 4 is 38.4 Å². The molecule has 0 amide bonds. The Bertz CT molecular complexity index is 1430. The van der Waals surface area contributed by atoms with Crippen LogP contribution in [0.1, 0.15) is 56.5 Å². The summed E-state index contributed by atoms with van der Waals surface area (Å²) in [7, 11) is -3.51. The molecule has 0 spiro atoms. The predicted octanol–water partition coefficient (Wildman–Crippen LogP) is 4.88. The average molecular weight is 610 g/mol. The molecular weight excluding hydrogens is 581 g/mol. The second-order valence-electron chi connectivity index (χ2n) is 9.60. The second kappa shape index (κ2) is 13.0. The molecule has 0 aliphatic heterocycles. The Morgan fingerprint density at radius 1 is 1.15 bits per heavy atom. The number of nitro benzene ring substituents is 1. The zero-order valence-electron chi connectivity index (χ0n) is 22.3. The number of nitrogens with zero attached hydrogens (tertiary/aromatic N) is 2. The second-order valence-corrected chi connectivity index (χ2v) is 12.8. The first-order chi connectivity index (χ1) is 18.4. The van der Waals surface area contributed by atoms with E-state index in [1.807, 2.05) is 0 Å². The smallest absolute Gasteiger partial charge is 0.346 e. The van der Waals surface area contributed by atoms with E-state index in [4.69, 9.17) is 9.47 Å². The van der Waals surface area contributed by atoms with E-state index in [1.54, 1.807) is 6.92 Å². The highest BCUT2D eigenvalue weighted by Gasteiger charge is 2.31. The summed E-state index contributed by atoms with van der Waals surface area (Å²) in [5.41, 5.74) is -3.56. The standard InChI is InChI=1S/C24H29F3N2O9S2/c1-6-11-40(35,36)12-7-10-28(39(33)34)17-13-15(25)20(26)22(21(17)27)37-18-9-8-16(29(31)32)19(14(18)2)23(30)38-24(3,4)5/h8-9,13H,6-7,10-12H2,1-5H3,(H,33,34)/p-1. The largest absolute Gasteiger partial charge is 0.755 e. The van der Waals surface area contributed by atoms with E-state index in [1.165, 1.54) is 27.7 Å². The maximum Gasteiger partial charge on any atom is 0.346 e. The number of hydrogen-bond acceptors (Lipinski definition) is 9. The lowest BCUT2D eigenvalue weighted by molar-refractivity contribution is -0.385. The van der Waals surface area contributed by atoms with E-state index >= 15 is 4.39 Å². The lowest BCUT2D eigenvalue weighted by atomic mass is 10.0. The van der Waals surface area contributed by atoms with Gasteiger partial charge in [-0.2, -0.15) is 4.39 Å². The maximum absolute atomic E-state index is 15.4. The molecule has 2 rings (SSSR count). The fourth-order valence-electron chi connectivity index (χ4n) is 3.59. The molecule has 40 heavy (non-hydrogen) atoms. The summed E-state index contributed by atoms with van der Waals surface area (Å²) >= 11 is -3.23. The van der Waals surface area contributed by atoms with E-state index < -0.39 is 95.8 Å². The normalized spacial score (nSPS) is 12.6. The molecule has 1 atom stereocenters. The molecule has 0 saturated carbocycles. The molecule has 1 unspecified atom stereocenters. The van der Waals surface area contributed by atoms with E-state index in [-0.39, 0.29) is 23.8 Å². The van der Waals surface area contributed by atoms with Crippen molar-refractivity contribution in [1.29, 1.82) is 0 Å². The van der Waals surface area contributed by atoms with E-state index in [0.29, 0.717) is 10.7 Å². The summed E-state index contributed by atoms with van der Waals surface area (Å²) in [6.07, 6.45) is 0.0569. The van der Waals surface area contributed by atoms with Crippen LogP contribution in [-0.2, 0) is 25.8 Å². The Kier molecular flexibility index (Phi) is 10.7. The van der Waals surface area contributed by atoms with Gasteiger partial charge >= 0.3 is 5.97 Å². The number of rotatable bonds is 12. The third-order valence-electron chi connectivity index (χ3n) is 5.28. The van der Waals surface area contributed by atoms with E-state index in [2.05, 4.69) is 0 Å². The average Bonchev–Trinajstić information content (AvgIpc) is 2.81. The van der Waals surface area contributed by atoms with Gasteiger partial charge in [-0.25, -0.2) is 22.0 Å². The highest BCUT2D eigenvalue weighted by Crippen LogP contribution is 2.39. The number of sulfone groups is 1. The van der Waals surface area contributed by atoms with Crippen molar-refractivity contribution in [3.8, 4) is 11.5 Å². The minimum Gasteiger partial charge on any atom is -0.755 e. The number of halogens is 3. The molecule has 0 bridgehead atoms. The molecule has 0 radical (unpaired) electrons. The highest BCUT2D eigenvalue weighted by molar-refractivity contribution is 7.91. The number of carbonyl (C=O) groups is 1. The van der Waals surface area contributed by atoms with Gasteiger partial charge in [0, 0.05) is 41.3 Å². The molecular formula is C24H28F3N2O9S2-. The van der Waals surface area contributed by atoms with Crippen molar-refractivity contribution in [1.82, 2.24) is 0 Å². The third-order valence-corrected chi connectivity index (χ3v) is 7.96. The summed E-state index contributed by atoms with van der Waals surface area (Å²) in [4.78, 5) is 23.4. The van der Waals surface area contributed by atoms with Crippen LogP contribution in [0.3, 0.4) is 0 Å². The van der Waals surface area contributed by atoms with E-state index in [9.17, 15) is 40.9 Å². The zero-order valence-corrected chi connectivity index (χ0v) is 23.9. The number of carbonyl (C=O) groups excluding carboxylic acids is 1. The molecule has 0 N–H and O–H groups in total. The van der Waals surface area contributed by atoms with Crippen molar-refractivity contribution in [2.24, 2.45) is 0 Å². The summed E-state index contributed by atoms with van der Waals surface area (Å²) < 4.78 is 103. The summed E-state index contributed by atoms with van der Waals surface area (Å²) in [5, 5.41) is 11.5. The molecule has 0 aliphatic carbocycles. The van der Waals surface area contributed by atoms with Crippen molar-refractivity contribution in [2.75, 3.05) is 22.4 Å². The van der Waals surface area contributed by atoms with Crippen molar-refractivity contribution in [2.45, 2.75) is 53.1 Å². The van der Waals surface area contributed by atoms with Gasteiger partial charge in [0.2, 0.25) is 11.6 Å². The lowest BCUT2D eigenvalue weighted by Gasteiger charge is -2.27.